The van der Waals surface area contributed by atoms with Crippen LogP contribution >= 0.6 is 34.5 Å². The molecule has 0 aromatic carbocycles. The van der Waals surface area contributed by atoms with Gasteiger partial charge in [-0.3, -0.25) is 0 Å². The molecule has 0 spiro atoms. The molecule has 3 rings (SSSR count). The number of hydrogen-bond donors (Lipinski definition) is 1. The van der Waals surface area contributed by atoms with Gasteiger partial charge < -0.3 is 5.32 Å². The third kappa shape index (κ3) is 2.14. The van der Waals surface area contributed by atoms with Crippen LogP contribution in [-0.4, -0.2) is 7.05 Å². The molecule has 3 unspecified atom stereocenters. The zero-order chi connectivity index (χ0) is 12.0. The SMILES string of the molecule is CNC(c1cc(Cl)sc1Cl)C1C2CCCCC21. The van der Waals surface area contributed by atoms with E-state index < -0.39 is 0 Å². The van der Waals surface area contributed by atoms with Gasteiger partial charge in [0.25, 0.3) is 0 Å². The fourth-order valence-corrected chi connectivity index (χ4v) is 5.21. The van der Waals surface area contributed by atoms with Crippen molar-refractivity contribution in [3.8, 4) is 0 Å². The lowest BCUT2D eigenvalue weighted by molar-refractivity contribution is 0.480. The molecule has 94 valence electrons. The number of hydrogen-bond acceptors (Lipinski definition) is 2. The minimum absolute atomic E-state index is 0.402. The van der Waals surface area contributed by atoms with Crippen LogP contribution in [0.2, 0.25) is 8.67 Å². The minimum Gasteiger partial charge on any atom is -0.313 e. The maximum absolute atomic E-state index is 6.28. The van der Waals surface area contributed by atoms with Gasteiger partial charge in [0.2, 0.25) is 0 Å². The van der Waals surface area contributed by atoms with Crippen LogP contribution < -0.4 is 5.32 Å². The molecule has 17 heavy (non-hydrogen) atoms. The van der Waals surface area contributed by atoms with Gasteiger partial charge in [-0.05, 0) is 43.7 Å². The molecule has 3 atom stereocenters. The molecule has 0 bridgehead atoms. The van der Waals surface area contributed by atoms with Crippen LogP contribution in [0.3, 0.4) is 0 Å². The molecule has 1 nitrogen and oxygen atoms in total. The Morgan fingerprint density at radius 1 is 1.29 bits per heavy atom. The summed E-state index contributed by atoms with van der Waals surface area (Å²) in [6.07, 6.45) is 5.63. The molecule has 2 aliphatic rings. The summed E-state index contributed by atoms with van der Waals surface area (Å²) >= 11 is 13.8. The molecule has 1 aromatic rings. The van der Waals surface area contributed by atoms with E-state index in [2.05, 4.69) is 5.32 Å². The summed E-state index contributed by atoms with van der Waals surface area (Å²) < 4.78 is 1.66. The van der Waals surface area contributed by atoms with Crippen molar-refractivity contribution in [3.63, 3.8) is 0 Å². The summed E-state index contributed by atoms with van der Waals surface area (Å²) in [5, 5.41) is 3.45. The zero-order valence-corrected chi connectivity index (χ0v) is 12.2. The van der Waals surface area contributed by atoms with Crippen LogP contribution in [0.15, 0.2) is 6.07 Å². The van der Waals surface area contributed by atoms with Gasteiger partial charge in [0, 0.05) is 11.6 Å². The van der Waals surface area contributed by atoms with E-state index in [1.165, 1.54) is 42.6 Å². The Bertz CT molecular complexity index is 406. The maximum Gasteiger partial charge on any atom is 0.0992 e. The molecule has 0 saturated heterocycles. The highest BCUT2D eigenvalue weighted by molar-refractivity contribution is 7.20. The molecule has 0 amide bonds. The van der Waals surface area contributed by atoms with E-state index in [1.54, 1.807) is 0 Å². The van der Waals surface area contributed by atoms with E-state index in [4.69, 9.17) is 23.2 Å². The van der Waals surface area contributed by atoms with Gasteiger partial charge in [-0.1, -0.05) is 36.0 Å². The van der Waals surface area contributed by atoms with Crippen molar-refractivity contribution in [2.45, 2.75) is 31.7 Å². The predicted octanol–water partition coefficient (Wildman–Crippen LogP) is 4.75. The lowest BCUT2D eigenvalue weighted by Gasteiger charge is -2.15. The van der Waals surface area contributed by atoms with Crippen molar-refractivity contribution >= 4 is 34.5 Å². The van der Waals surface area contributed by atoms with E-state index in [-0.39, 0.29) is 0 Å². The van der Waals surface area contributed by atoms with Gasteiger partial charge in [0.15, 0.2) is 0 Å². The Morgan fingerprint density at radius 2 is 1.94 bits per heavy atom. The topological polar surface area (TPSA) is 12.0 Å². The molecule has 2 saturated carbocycles. The Labute approximate surface area is 117 Å². The van der Waals surface area contributed by atoms with Crippen molar-refractivity contribution in [1.29, 1.82) is 0 Å². The summed E-state index contributed by atoms with van der Waals surface area (Å²) in [5.74, 6) is 2.64. The second kappa shape index (κ2) is 4.73. The quantitative estimate of drug-likeness (QED) is 0.847. The summed E-state index contributed by atoms with van der Waals surface area (Å²) in [6, 6.07) is 2.44. The minimum atomic E-state index is 0.402. The van der Waals surface area contributed by atoms with E-state index in [1.807, 2.05) is 13.1 Å². The van der Waals surface area contributed by atoms with Crippen LogP contribution in [0.25, 0.3) is 0 Å². The normalized spacial score (nSPS) is 33.2. The van der Waals surface area contributed by atoms with Gasteiger partial charge in [-0.15, -0.1) is 11.3 Å². The molecule has 1 aromatic heterocycles. The number of halogens is 2. The predicted molar refractivity (Wildman–Crippen MR) is 75.1 cm³/mol. The second-order valence-electron chi connectivity index (χ2n) is 5.24. The Kier molecular flexibility index (Phi) is 3.42. The lowest BCUT2D eigenvalue weighted by atomic mass is 10.0. The third-order valence-electron chi connectivity index (χ3n) is 4.44. The van der Waals surface area contributed by atoms with Crippen LogP contribution in [-0.2, 0) is 0 Å². The fraction of sp³-hybridized carbons (Fsp3) is 0.692. The molecule has 4 heteroatoms. The number of rotatable bonds is 3. The standard InChI is InChI=1S/C13H17Cl2NS/c1-16-12(9-6-10(14)17-13(9)15)11-7-4-2-3-5-8(7)11/h6-8,11-12,16H,2-5H2,1H3. The Balaban J connectivity index is 1.82. The number of thiophene rings is 1. The number of nitrogens with one attached hydrogen (secondary N) is 1. The zero-order valence-electron chi connectivity index (χ0n) is 9.88. The fourth-order valence-electron chi connectivity index (χ4n) is 3.66. The van der Waals surface area contributed by atoms with Gasteiger partial charge in [0.1, 0.15) is 0 Å². The molecule has 1 N–H and O–H groups in total. The van der Waals surface area contributed by atoms with Crippen LogP contribution in [0.4, 0.5) is 0 Å². The van der Waals surface area contributed by atoms with E-state index >= 15 is 0 Å². The van der Waals surface area contributed by atoms with Crippen molar-refractivity contribution in [2.75, 3.05) is 7.05 Å². The van der Waals surface area contributed by atoms with E-state index in [9.17, 15) is 0 Å². The largest absolute Gasteiger partial charge is 0.313 e. The summed E-state index contributed by atoms with van der Waals surface area (Å²) in [7, 11) is 2.04. The molecule has 2 aliphatic carbocycles. The molecular formula is C13H17Cl2NS. The third-order valence-corrected chi connectivity index (χ3v) is 5.95. The highest BCUT2D eigenvalue weighted by Gasteiger charge is 2.54. The lowest BCUT2D eigenvalue weighted by Crippen LogP contribution is -2.19. The van der Waals surface area contributed by atoms with Crippen molar-refractivity contribution < 1.29 is 0 Å². The average Bonchev–Trinajstić information content (AvgIpc) is 2.93. The van der Waals surface area contributed by atoms with Crippen molar-refractivity contribution in [3.05, 3.63) is 20.3 Å². The highest BCUT2D eigenvalue weighted by atomic mass is 35.5. The summed E-state index contributed by atoms with van der Waals surface area (Å²) in [6.45, 7) is 0. The van der Waals surface area contributed by atoms with Crippen LogP contribution in [0.1, 0.15) is 37.3 Å². The van der Waals surface area contributed by atoms with E-state index in [0.29, 0.717) is 6.04 Å². The van der Waals surface area contributed by atoms with Crippen molar-refractivity contribution in [1.82, 2.24) is 5.32 Å². The maximum atomic E-state index is 6.28. The van der Waals surface area contributed by atoms with Crippen molar-refractivity contribution in [2.24, 2.45) is 17.8 Å². The van der Waals surface area contributed by atoms with E-state index in [0.717, 1.165) is 26.4 Å². The number of fused-ring (bicyclic) bond motifs is 1. The molecule has 0 aliphatic heterocycles. The Hall–Kier alpha value is 0.240. The Morgan fingerprint density at radius 3 is 2.41 bits per heavy atom. The van der Waals surface area contributed by atoms with Gasteiger partial charge in [0.05, 0.1) is 8.67 Å². The first-order valence-electron chi connectivity index (χ1n) is 6.34. The molecule has 1 heterocycles. The first-order chi connectivity index (χ1) is 8.22. The van der Waals surface area contributed by atoms with Gasteiger partial charge >= 0.3 is 0 Å². The highest BCUT2D eigenvalue weighted by Crippen LogP contribution is 2.61. The molecular weight excluding hydrogens is 273 g/mol. The first kappa shape index (κ1) is 12.3. The smallest absolute Gasteiger partial charge is 0.0992 e. The average molecular weight is 290 g/mol. The van der Waals surface area contributed by atoms with Crippen LogP contribution in [0.5, 0.6) is 0 Å². The molecule has 0 radical (unpaired) electrons. The first-order valence-corrected chi connectivity index (χ1v) is 7.91. The summed E-state index contributed by atoms with van der Waals surface area (Å²) in [5.41, 5.74) is 1.21. The molecule has 2 fully saturated rings. The second-order valence-corrected chi connectivity index (χ2v) is 7.52. The van der Waals surface area contributed by atoms with Gasteiger partial charge in [-0.2, -0.15) is 0 Å². The van der Waals surface area contributed by atoms with Gasteiger partial charge in [-0.25, -0.2) is 0 Å². The monoisotopic (exact) mass is 289 g/mol. The van der Waals surface area contributed by atoms with Crippen LogP contribution in [0, 0.1) is 17.8 Å². The summed E-state index contributed by atoms with van der Waals surface area (Å²) in [4.78, 5) is 0.